The molecule has 6 rings (SSSR count). The number of aryl methyl sites for hydroxylation is 1. The van der Waals surface area contributed by atoms with Crippen LogP contribution in [0.4, 0.5) is 0 Å². The summed E-state index contributed by atoms with van der Waals surface area (Å²) in [4.78, 5) is 196. The van der Waals surface area contributed by atoms with Crippen molar-refractivity contribution in [1.29, 1.82) is 5.41 Å². The maximum Gasteiger partial charge on any atom is 0.305 e. The summed E-state index contributed by atoms with van der Waals surface area (Å²) in [6, 6.07) is 3.73. The van der Waals surface area contributed by atoms with Gasteiger partial charge in [0, 0.05) is 75.4 Å². The summed E-state index contributed by atoms with van der Waals surface area (Å²) in [5, 5.41) is 76.8. The summed E-state index contributed by atoms with van der Waals surface area (Å²) in [5.41, 5.74) is 19.0. The number of fused-ring (bicyclic) bond motifs is 3. The second-order valence-electron chi connectivity index (χ2n) is 25.7. The molecule has 0 fully saturated rings. The number of carboxylic acids is 1. The number of aliphatic hydroxyl groups is 1. The lowest BCUT2D eigenvalue weighted by atomic mass is 10.00. The summed E-state index contributed by atoms with van der Waals surface area (Å²) in [5.74, 6) is -15.5. The number of hydrogen-bond donors (Lipinski definition) is 20. The van der Waals surface area contributed by atoms with Crippen molar-refractivity contribution in [2.45, 2.75) is 178 Å². The van der Waals surface area contributed by atoms with Gasteiger partial charge in [-0.3, -0.25) is 77.2 Å². The van der Waals surface area contributed by atoms with Crippen molar-refractivity contribution >= 4 is 99.6 Å². The van der Waals surface area contributed by atoms with Gasteiger partial charge in [0.05, 0.1) is 18.7 Å². The number of phenolic OH excluding ortho intramolecular Hbond substituents is 1. The zero-order valence-electron chi connectivity index (χ0n) is 58.3. The van der Waals surface area contributed by atoms with Crippen LogP contribution in [0, 0.1) is 11.3 Å². The molecule has 37 heteroatoms. The number of nitrogens with two attached hydrogens (primary N) is 3. The van der Waals surface area contributed by atoms with Crippen molar-refractivity contribution in [3.05, 3.63) is 114 Å². The van der Waals surface area contributed by atoms with Crippen LogP contribution in [0.5, 0.6) is 5.75 Å². The number of aromatic hydroxyl groups is 1. The predicted octanol–water partition coefficient (Wildman–Crippen LogP) is -4.57. The van der Waals surface area contributed by atoms with Crippen molar-refractivity contribution in [1.82, 2.24) is 83.8 Å². The van der Waals surface area contributed by atoms with Crippen molar-refractivity contribution in [2.75, 3.05) is 13.2 Å². The number of phenols is 1. The minimum absolute atomic E-state index is 0.0301. The molecule has 1 aliphatic heterocycles. The number of hydrogen-bond acceptors (Lipinski definition) is 19. The number of benzene rings is 3. The fourth-order valence-corrected chi connectivity index (χ4v) is 11.3. The van der Waals surface area contributed by atoms with Crippen LogP contribution >= 0.6 is 0 Å². The van der Waals surface area contributed by atoms with Crippen molar-refractivity contribution in [3.63, 3.8) is 0 Å². The van der Waals surface area contributed by atoms with E-state index in [2.05, 4.69) is 79.1 Å². The van der Waals surface area contributed by atoms with E-state index >= 15 is 0 Å². The summed E-state index contributed by atoms with van der Waals surface area (Å²) in [6.07, 6.45) is 0.740. The summed E-state index contributed by atoms with van der Waals surface area (Å²) < 4.78 is 1.42. The lowest BCUT2D eigenvalue weighted by Gasteiger charge is -2.28. The molecule has 3 heterocycles. The number of rotatable bonds is 31. The fraction of sp³-hybridized carbons (Fsp3) is 0.456. The number of guanidine groups is 1. The van der Waals surface area contributed by atoms with Crippen molar-refractivity contribution in [2.24, 2.45) is 23.1 Å². The van der Waals surface area contributed by atoms with Gasteiger partial charge < -0.3 is 101 Å². The van der Waals surface area contributed by atoms with Gasteiger partial charge in [-0.2, -0.15) is 0 Å². The van der Waals surface area contributed by atoms with E-state index in [1.165, 1.54) is 62.8 Å². The number of aliphatic hydroxyl groups excluding tert-OH is 1. The van der Waals surface area contributed by atoms with Gasteiger partial charge in [-0.15, -0.1) is 5.10 Å². The molecule has 13 amide bonds. The molecule has 11 atom stereocenters. The molecule has 23 N–H and O–H groups in total. The van der Waals surface area contributed by atoms with E-state index in [1.807, 2.05) is 6.07 Å². The minimum atomic E-state index is -1.96. The third kappa shape index (κ3) is 26.4. The molecule has 105 heavy (non-hydrogen) atoms. The molecule has 0 saturated heterocycles. The third-order valence-corrected chi connectivity index (χ3v) is 16.9. The van der Waals surface area contributed by atoms with Gasteiger partial charge in [-0.1, -0.05) is 79.7 Å². The number of para-hydroxylation sites is 1. The Kier molecular flexibility index (Phi) is 31.2. The highest BCUT2D eigenvalue weighted by molar-refractivity contribution is 6.00. The van der Waals surface area contributed by atoms with E-state index in [-0.39, 0.29) is 63.1 Å². The summed E-state index contributed by atoms with van der Waals surface area (Å²) in [7, 11) is 0. The second-order valence-corrected chi connectivity index (χ2v) is 25.7. The molecule has 5 aromatic rings. The Hall–Kier alpha value is -12.1. The summed E-state index contributed by atoms with van der Waals surface area (Å²) >= 11 is 0. The smallest absolute Gasteiger partial charge is 0.305 e. The second kappa shape index (κ2) is 40.0. The molecule has 1 aliphatic rings. The number of carboxylic acid groups (broad SMARTS) is 1. The van der Waals surface area contributed by atoms with Gasteiger partial charge in [-0.25, -0.2) is 0 Å². The number of H-pyrrole nitrogens is 1. The molecule has 0 unspecified atom stereocenters. The molecule has 0 saturated carbocycles. The first-order chi connectivity index (χ1) is 49.9. The largest absolute Gasteiger partial charge is 0.508 e. The lowest BCUT2D eigenvalue weighted by Crippen LogP contribution is -2.61. The Morgan fingerprint density at radius 2 is 1.26 bits per heavy atom. The van der Waals surface area contributed by atoms with Crippen LogP contribution in [-0.2, 0) is 99.4 Å². The van der Waals surface area contributed by atoms with Gasteiger partial charge >= 0.3 is 5.97 Å². The van der Waals surface area contributed by atoms with Crippen LogP contribution in [-0.4, -0.2) is 204 Å². The Morgan fingerprint density at radius 3 is 1.90 bits per heavy atom. The van der Waals surface area contributed by atoms with E-state index in [4.69, 9.17) is 22.6 Å². The number of aromatic nitrogens is 4. The van der Waals surface area contributed by atoms with E-state index in [9.17, 15) is 82.4 Å². The van der Waals surface area contributed by atoms with Gasteiger partial charge in [0.15, 0.2) is 5.96 Å². The van der Waals surface area contributed by atoms with Crippen LogP contribution in [0.2, 0.25) is 0 Å². The maximum atomic E-state index is 14.7. The van der Waals surface area contributed by atoms with Gasteiger partial charge in [0.1, 0.15) is 72.2 Å². The van der Waals surface area contributed by atoms with Crippen LogP contribution in [0.15, 0.2) is 91.3 Å². The zero-order chi connectivity index (χ0) is 77.0. The average Bonchev–Trinajstić information content (AvgIpc) is 1.81. The Labute approximate surface area is 602 Å². The minimum Gasteiger partial charge on any atom is -0.508 e. The number of nitrogens with one attached hydrogen (secondary N) is 14. The number of primary amides is 2. The van der Waals surface area contributed by atoms with Crippen LogP contribution in [0.25, 0.3) is 10.9 Å². The molecule has 0 aliphatic carbocycles. The quantitative estimate of drug-likeness (QED) is 0.0113. The van der Waals surface area contributed by atoms with Crippen LogP contribution in [0.1, 0.15) is 101 Å². The topological polar surface area (TPSA) is 592 Å². The van der Waals surface area contributed by atoms with E-state index in [0.29, 0.717) is 29.5 Å². The molecular weight excluding hydrogens is 1370 g/mol. The SMILES string of the molecule is CC(=O)N[C@H]1CCCCn2cc(nn2)C[C@@H](C(=O)N[C@@H](C)C(=O)N[C@@H](Cc2ccccc2)C(=O)N[C@H](C(=O)N[C@@H](CC(=O)O)C(=O)N[C@@H](CO)C(=O)N[C@@H](Cc2ccc(O)cc2)C(N)=O)C(C)C)NC(=O)[C@H](CCC(N)=O)NC(=O)[C@H](CCCNC(=N)N)NC(=O)[C@H](Cc2c[nH]c3ccccc23)NC1=O. The summed E-state index contributed by atoms with van der Waals surface area (Å²) in [6.45, 7) is 4.59. The molecule has 2 bridgehead atoms. The van der Waals surface area contributed by atoms with Crippen molar-refractivity contribution < 1.29 is 82.4 Å². The molecule has 3 aromatic carbocycles. The van der Waals surface area contributed by atoms with Crippen molar-refractivity contribution in [3.8, 4) is 5.75 Å². The average molecular weight is 1460 g/mol. The number of nitrogens with zero attached hydrogens (tertiary/aromatic N) is 3. The van der Waals surface area contributed by atoms with Gasteiger partial charge in [0.25, 0.3) is 0 Å². The monoisotopic (exact) mass is 1460 g/mol. The number of aliphatic carboxylic acids is 1. The highest BCUT2D eigenvalue weighted by Gasteiger charge is 2.38. The number of carbonyl (C=O) groups excluding carboxylic acids is 13. The predicted molar refractivity (Wildman–Crippen MR) is 375 cm³/mol. The fourth-order valence-electron chi connectivity index (χ4n) is 11.3. The highest BCUT2D eigenvalue weighted by Crippen LogP contribution is 2.21. The van der Waals surface area contributed by atoms with E-state index in [0.717, 1.165) is 10.9 Å². The molecule has 37 nitrogen and oxygen atoms in total. The zero-order valence-corrected chi connectivity index (χ0v) is 58.3. The maximum absolute atomic E-state index is 14.7. The van der Waals surface area contributed by atoms with Gasteiger partial charge in [0.2, 0.25) is 76.8 Å². The first kappa shape index (κ1) is 81.9. The molecule has 2 aromatic heterocycles. The Morgan fingerprint density at radius 1 is 0.667 bits per heavy atom. The highest BCUT2D eigenvalue weighted by atomic mass is 16.4. The standard InChI is InChI=1S/C68H92N20O17/c1-35(2)56(67(105)83-52(31-55(93)94)64(102)84-53(34-89)66(104)79-48(57(70)95)27-39-19-21-42(91)22-20-39)85-65(103)49(28-38-13-6-5-7-14-38)80-58(96)36(3)75-62(100)51-30-41-33-88(87-86-41)26-11-10-17-45(76-37(4)90)59(97)81-50(29-40-32-74-44-16-9-8-15-43(40)44)63(101)77-46(18-12-25-73-68(71)72)60(98)78-47(61(99)82-51)23-24-54(69)92/h5-9,13-16,19-22,32-33,35-36,45-53,56,74,89,91H,10-12,17-18,23-31,34H2,1-4H3,(H2,69,92)(H2,70,95)(H,75,100)(H,76,90)(H,77,101)(H,78,98)(H,79,104)(H,80,96)(H,81,97)(H,82,99)(H,83,105)(H,84,102)(H,85,103)(H,93,94)(H4,71,72,73)/t36-,45-,46-,47-,48-,49-,50-,51-,52-,53-,56-/m0/s1. The molecule has 0 spiro atoms. The number of aromatic amines is 1. The van der Waals surface area contributed by atoms with Gasteiger partial charge in [-0.05, 0) is 86.3 Å². The first-order valence-corrected chi connectivity index (χ1v) is 33.9. The normalized spacial score (nSPS) is 18.5. The number of carbonyl (C=O) groups is 14. The van der Waals surface area contributed by atoms with E-state index < -0.39 is 193 Å². The molecule has 0 radical (unpaired) electrons. The number of amides is 13. The molecule has 566 valence electrons. The lowest BCUT2D eigenvalue weighted by molar-refractivity contribution is -0.142. The molecular formula is C68H92N20O17. The Balaban J connectivity index is 1.24. The van der Waals surface area contributed by atoms with Crippen LogP contribution < -0.4 is 81.0 Å². The van der Waals surface area contributed by atoms with Crippen LogP contribution in [0.3, 0.4) is 0 Å². The Bertz CT molecular complexity index is 3920. The van der Waals surface area contributed by atoms with E-state index in [1.54, 1.807) is 54.7 Å². The first-order valence-electron chi connectivity index (χ1n) is 33.9. The third-order valence-electron chi connectivity index (χ3n) is 16.9.